The first kappa shape index (κ1) is 13.7. The van der Waals surface area contributed by atoms with Gasteiger partial charge in [-0.1, -0.05) is 27.2 Å². The minimum Gasteiger partial charge on any atom is -0.354 e. The van der Waals surface area contributed by atoms with Crippen LogP contribution in [0.4, 0.5) is 0 Å². The molecule has 0 bridgehead atoms. The van der Waals surface area contributed by atoms with Crippen LogP contribution in [-0.2, 0) is 13.0 Å². The zero-order chi connectivity index (χ0) is 13.2. The van der Waals surface area contributed by atoms with E-state index in [1.165, 1.54) is 43.2 Å². The van der Waals surface area contributed by atoms with E-state index in [0.717, 1.165) is 13.0 Å². The number of hydrogen-bond acceptors (Lipinski definition) is 1. The van der Waals surface area contributed by atoms with E-state index in [0.29, 0.717) is 5.41 Å². The van der Waals surface area contributed by atoms with Crippen LogP contribution < -0.4 is 5.73 Å². The van der Waals surface area contributed by atoms with Crippen LogP contribution in [0, 0.1) is 5.41 Å². The number of rotatable bonds is 3. The third-order valence-electron chi connectivity index (χ3n) is 3.95. The molecule has 0 saturated heterocycles. The lowest BCUT2D eigenvalue weighted by Gasteiger charge is -2.17. The lowest BCUT2D eigenvalue weighted by Crippen LogP contribution is -2.09. The smallest absolute Gasteiger partial charge is 0.0312 e. The summed E-state index contributed by atoms with van der Waals surface area (Å²) < 4.78 is 2.36. The van der Waals surface area contributed by atoms with Crippen molar-refractivity contribution in [2.75, 3.05) is 0 Å². The Morgan fingerprint density at radius 3 is 2.78 bits per heavy atom. The SMILES string of the molecule is CC(C)(C)CCCn1cc2c(c1)C(N)CCCC2. The Balaban J connectivity index is 1.97. The maximum atomic E-state index is 6.24. The van der Waals surface area contributed by atoms with Crippen molar-refractivity contribution in [3.8, 4) is 0 Å². The Labute approximate surface area is 112 Å². The number of fused-ring (bicyclic) bond motifs is 1. The summed E-state index contributed by atoms with van der Waals surface area (Å²) in [7, 11) is 0. The highest BCUT2D eigenvalue weighted by Crippen LogP contribution is 2.28. The number of aryl methyl sites for hydroxylation is 2. The topological polar surface area (TPSA) is 30.9 Å². The van der Waals surface area contributed by atoms with E-state index in [9.17, 15) is 0 Å². The summed E-state index contributed by atoms with van der Waals surface area (Å²) in [5.41, 5.74) is 9.59. The lowest BCUT2D eigenvalue weighted by atomic mass is 9.91. The Morgan fingerprint density at radius 1 is 1.28 bits per heavy atom. The Kier molecular flexibility index (Phi) is 4.16. The first-order chi connectivity index (χ1) is 8.46. The average Bonchev–Trinajstić information content (AvgIpc) is 2.58. The highest BCUT2D eigenvalue weighted by atomic mass is 14.9. The number of nitrogens with zero attached hydrogens (tertiary/aromatic N) is 1. The van der Waals surface area contributed by atoms with Gasteiger partial charge in [-0.2, -0.15) is 0 Å². The first-order valence-electron chi connectivity index (χ1n) is 7.40. The molecule has 0 saturated carbocycles. The molecule has 1 unspecified atom stereocenters. The molecule has 2 nitrogen and oxygen atoms in total. The van der Waals surface area contributed by atoms with Gasteiger partial charge in [0.05, 0.1) is 0 Å². The summed E-state index contributed by atoms with van der Waals surface area (Å²) in [4.78, 5) is 0. The molecule has 0 spiro atoms. The summed E-state index contributed by atoms with van der Waals surface area (Å²) in [5, 5.41) is 0. The summed E-state index contributed by atoms with van der Waals surface area (Å²) >= 11 is 0. The number of aromatic nitrogens is 1. The molecule has 0 amide bonds. The first-order valence-corrected chi connectivity index (χ1v) is 7.40. The van der Waals surface area contributed by atoms with Gasteiger partial charge in [-0.05, 0) is 48.6 Å². The molecule has 1 aliphatic rings. The molecule has 0 aliphatic heterocycles. The minimum absolute atomic E-state index is 0.270. The van der Waals surface area contributed by atoms with Crippen LogP contribution in [0.25, 0.3) is 0 Å². The van der Waals surface area contributed by atoms with E-state index in [1.807, 2.05) is 0 Å². The lowest BCUT2D eigenvalue weighted by molar-refractivity contribution is 0.353. The van der Waals surface area contributed by atoms with Gasteiger partial charge in [0.1, 0.15) is 0 Å². The third-order valence-corrected chi connectivity index (χ3v) is 3.95. The number of nitrogens with two attached hydrogens (primary N) is 1. The van der Waals surface area contributed by atoms with Crippen LogP contribution in [0.5, 0.6) is 0 Å². The van der Waals surface area contributed by atoms with E-state index in [2.05, 4.69) is 37.7 Å². The molecule has 1 aliphatic carbocycles. The van der Waals surface area contributed by atoms with Crippen molar-refractivity contribution in [3.63, 3.8) is 0 Å². The number of hydrogen-bond donors (Lipinski definition) is 1. The van der Waals surface area contributed by atoms with Crippen LogP contribution in [0.3, 0.4) is 0 Å². The van der Waals surface area contributed by atoms with E-state index >= 15 is 0 Å². The highest BCUT2D eigenvalue weighted by molar-refractivity contribution is 5.28. The van der Waals surface area contributed by atoms with Gasteiger partial charge in [-0.3, -0.25) is 0 Å². The molecule has 2 rings (SSSR count). The van der Waals surface area contributed by atoms with E-state index in [-0.39, 0.29) is 6.04 Å². The standard InChI is InChI=1S/C16H28N2/c1-16(2,3)9-6-10-18-11-13-7-4-5-8-15(17)14(13)12-18/h11-12,15H,4-10,17H2,1-3H3. The molecule has 2 heteroatoms. The van der Waals surface area contributed by atoms with Gasteiger partial charge in [0.15, 0.2) is 0 Å². The van der Waals surface area contributed by atoms with E-state index < -0.39 is 0 Å². The predicted octanol–water partition coefficient (Wildman–Crippen LogP) is 4.04. The zero-order valence-electron chi connectivity index (χ0n) is 12.2. The minimum atomic E-state index is 0.270. The Bertz CT molecular complexity index is 384. The third kappa shape index (κ3) is 3.61. The molecule has 1 aromatic rings. The summed E-state index contributed by atoms with van der Waals surface area (Å²) in [5.74, 6) is 0. The van der Waals surface area contributed by atoms with Crippen molar-refractivity contribution in [1.29, 1.82) is 0 Å². The second-order valence-electron chi connectivity index (χ2n) is 6.99. The van der Waals surface area contributed by atoms with Gasteiger partial charge in [0.25, 0.3) is 0 Å². The molecule has 102 valence electrons. The molecule has 1 atom stereocenters. The molecule has 2 N–H and O–H groups in total. The van der Waals surface area contributed by atoms with Gasteiger partial charge in [-0.15, -0.1) is 0 Å². The summed E-state index contributed by atoms with van der Waals surface area (Å²) in [6.45, 7) is 8.08. The Morgan fingerprint density at radius 2 is 2.06 bits per heavy atom. The van der Waals surface area contributed by atoms with Crippen molar-refractivity contribution in [2.24, 2.45) is 11.1 Å². The summed E-state index contributed by atoms with van der Waals surface area (Å²) in [6, 6.07) is 0.270. The van der Waals surface area contributed by atoms with Gasteiger partial charge >= 0.3 is 0 Å². The fourth-order valence-corrected chi connectivity index (χ4v) is 2.87. The van der Waals surface area contributed by atoms with Crippen LogP contribution in [-0.4, -0.2) is 4.57 Å². The van der Waals surface area contributed by atoms with Gasteiger partial charge in [0.2, 0.25) is 0 Å². The fourth-order valence-electron chi connectivity index (χ4n) is 2.87. The predicted molar refractivity (Wildman–Crippen MR) is 77.6 cm³/mol. The van der Waals surface area contributed by atoms with Crippen molar-refractivity contribution in [2.45, 2.75) is 71.9 Å². The Hall–Kier alpha value is -0.760. The van der Waals surface area contributed by atoms with Crippen molar-refractivity contribution < 1.29 is 0 Å². The molecule has 0 radical (unpaired) electrons. The van der Waals surface area contributed by atoms with E-state index in [4.69, 9.17) is 5.73 Å². The van der Waals surface area contributed by atoms with Crippen LogP contribution in [0.1, 0.15) is 70.0 Å². The van der Waals surface area contributed by atoms with Crippen molar-refractivity contribution in [1.82, 2.24) is 4.57 Å². The molecule has 1 heterocycles. The van der Waals surface area contributed by atoms with Gasteiger partial charge in [-0.25, -0.2) is 0 Å². The monoisotopic (exact) mass is 248 g/mol. The van der Waals surface area contributed by atoms with Gasteiger partial charge < -0.3 is 10.3 Å². The molecule has 18 heavy (non-hydrogen) atoms. The second-order valence-corrected chi connectivity index (χ2v) is 6.99. The maximum Gasteiger partial charge on any atom is 0.0312 e. The molecule has 0 fully saturated rings. The second kappa shape index (κ2) is 5.48. The normalized spacial score (nSPS) is 20.6. The van der Waals surface area contributed by atoms with Crippen LogP contribution >= 0.6 is 0 Å². The van der Waals surface area contributed by atoms with Crippen molar-refractivity contribution >= 4 is 0 Å². The van der Waals surface area contributed by atoms with E-state index in [1.54, 1.807) is 0 Å². The van der Waals surface area contributed by atoms with Crippen molar-refractivity contribution in [3.05, 3.63) is 23.5 Å². The molecular formula is C16H28N2. The molecular weight excluding hydrogens is 220 g/mol. The summed E-state index contributed by atoms with van der Waals surface area (Å²) in [6.07, 6.45) is 12.1. The van der Waals surface area contributed by atoms with Gasteiger partial charge in [0, 0.05) is 25.0 Å². The average molecular weight is 248 g/mol. The van der Waals surface area contributed by atoms with Crippen LogP contribution in [0.2, 0.25) is 0 Å². The molecule has 1 aromatic heterocycles. The fraction of sp³-hybridized carbons (Fsp3) is 0.750. The zero-order valence-corrected chi connectivity index (χ0v) is 12.2. The largest absolute Gasteiger partial charge is 0.354 e. The molecule has 0 aromatic carbocycles. The quantitative estimate of drug-likeness (QED) is 0.804. The highest BCUT2D eigenvalue weighted by Gasteiger charge is 2.17. The van der Waals surface area contributed by atoms with Crippen LogP contribution in [0.15, 0.2) is 12.4 Å². The maximum absolute atomic E-state index is 6.24.